The number of hydrogen-bond donors (Lipinski definition) is 2. The first-order chi connectivity index (χ1) is 13.1. The van der Waals surface area contributed by atoms with Gasteiger partial charge in [0.25, 0.3) is 0 Å². The van der Waals surface area contributed by atoms with Crippen LogP contribution in [0.1, 0.15) is 21.5 Å². The number of nitrogens with zero attached hydrogens (tertiary/aromatic N) is 1. The Balaban J connectivity index is 1.82. The van der Waals surface area contributed by atoms with Crippen molar-refractivity contribution >= 4 is 23.2 Å². The van der Waals surface area contributed by atoms with Gasteiger partial charge < -0.3 is 11.1 Å². The van der Waals surface area contributed by atoms with Gasteiger partial charge in [-0.25, -0.2) is 0 Å². The first-order valence-electron chi connectivity index (χ1n) is 8.56. The fourth-order valence-electron chi connectivity index (χ4n) is 3.12. The largest absolute Gasteiger partial charge is 0.366 e. The van der Waals surface area contributed by atoms with Crippen molar-refractivity contribution in [3.05, 3.63) is 89.5 Å². The zero-order valence-electron chi connectivity index (χ0n) is 14.5. The van der Waals surface area contributed by atoms with E-state index in [2.05, 4.69) is 10.3 Å². The molecule has 0 aliphatic carbocycles. The molecule has 132 valence electrons. The van der Waals surface area contributed by atoms with E-state index in [9.17, 15) is 9.59 Å². The lowest BCUT2D eigenvalue weighted by Gasteiger charge is -2.13. The van der Waals surface area contributed by atoms with E-state index in [-0.39, 0.29) is 12.5 Å². The van der Waals surface area contributed by atoms with Gasteiger partial charge in [-0.2, -0.15) is 0 Å². The molecule has 5 heteroatoms. The van der Waals surface area contributed by atoms with Crippen LogP contribution in [0.4, 0.5) is 5.69 Å². The molecule has 0 aromatic heterocycles. The number of benzodiazepines with no additional fused rings is 1. The number of carbonyl (C=O) groups is 2. The van der Waals surface area contributed by atoms with Gasteiger partial charge in [0, 0.05) is 16.7 Å². The third kappa shape index (κ3) is 3.35. The van der Waals surface area contributed by atoms with Crippen LogP contribution in [-0.4, -0.2) is 24.1 Å². The summed E-state index contributed by atoms with van der Waals surface area (Å²) in [5, 5.41) is 2.91. The van der Waals surface area contributed by atoms with Crippen LogP contribution >= 0.6 is 0 Å². The van der Waals surface area contributed by atoms with Gasteiger partial charge >= 0.3 is 0 Å². The lowest BCUT2D eigenvalue weighted by molar-refractivity contribution is -0.114. The molecule has 0 radical (unpaired) electrons. The van der Waals surface area contributed by atoms with Gasteiger partial charge in [-0.05, 0) is 35.4 Å². The van der Waals surface area contributed by atoms with E-state index in [4.69, 9.17) is 5.73 Å². The van der Waals surface area contributed by atoms with E-state index in [0.29, 0.717) is 5.56 Å². The summed E-state index contributed by atoms with van der Waals surface area (Å²) in [5.74, 6) is -0.592. The molecule has 0 unspecified atom stereocenters. The van der Waals surface area contributed by atoms with Gasteiger partial charge in [-0.15, -0.1) is 0 Å². The van der Waals surface area contributed by atoms with Gasteiger partial charge in [-0.3, -0.25) is 14.6 Å². The Morgan fingerprint density at radius 3 is 2.30 bits per heavy atom. The zero-order chi connectivity index (χ0) is 18.8. The van der Waals surface area contributed by atoms with Crippen molar-refractivity contribution in [3.8, 4) is 11.1 Å². The molecule has 0 saturated carbocycles. The predicted molar refractivity (Wildman–Crippen MR) is 106 cm³/mol. The van der Waals surface area contributed by atoms with Crippen LogP contribution in [0, 0.1) is 0 Å². The van der Waals surface area contributed by atoms with Crippen molar-refractivity contribution in [3.63, 3.8) is 0 Å². The first-order valence-corrected chi connectivity index (χ1v) is 8.56. The molecule has 4 rings (SSSR count). The topological polar surface area (TPSA) is 84.6 Å². The van der Waals surface area contributed by atoms with Gasteiger partial charge in [0.2, 0.25) is 11.8 Å². The third-order valence-electron chi connectivity index (χ3n) is 4.48. The van der Waals surface area contributed by atoms with Crippen molar-refractivity contribution in [2.75, 3.05) is 11.9 Å². The molecule has 2 amide bonds. The summed E-state index contributed by atoms with van der Waals surface area (Å²) in [5.41, 5.74) is 11.0. The molecule has 3 aromatic rings. The van der Waals surface area contributed by atoms with E-state index in [1.165, 1.54) is 0 Å². The highest BCUT2D eigenvalue weighted by atomic mass is 16.2. The number of anilines is 1. The molecule has 5 nitrogen and oxygen atoms in total. The Labute approximate surface area is 156 Å². The first kappa shape index (κ1) is 16.7. The molecule has 1 aliphatic rings. The van der Waals surface area contributed by atoms with Crippen LogP contribution in [0.3, 0.4) is 0 Å². The number of fused-ring (bicyclic) bond motifs is 1. The van der Waals surface area contributed by atoms with Crippen molar-refractivity contribution in [1.29, 1.82) is 0 Å². The van der Waals surface area contributed by atoms with Gasteiger partial charge in [0.05, 0.1) is 11.4 Å². The Morgan fingerprint density at radius 2 is 1.59 bits per heavy atom. The molecular weight excluding hydrogens is 338 g/mol. The number of carbonyl (C=O) groups excluding carboxylic acids is 2. The quantitative estimate of drug-likeness (QED) is 0.756. The van der Waals surface area contributed by atoms with E-state index >= 15 is 0 Å². The van der Waals surface area contributed by atoms with Crippen molar-refractivity contribution in [2.45, 2.75) is 0 Å². The fraction of sp³-hybridized carbons (Fsp3) is 0.0455. The maximum Gasteiger partial charge on any atom is 0.248 e. The Morgan fingerprint density at radius 1 is 0.889 bits per heavy atom. The van der Waals surface area contributed by atoms with Crippen LogP contribution in [0.2, 0.25) is 0 Å². The maximum atomic E-state index is 12.0. The minimum Gasteiger partial charge on any atom is -0.366 e. The molecule has 1 aliphatic heterocycles. The molecule has 3 aromatic carbocycles. The summed E-state index contributed by atoms with van der Waals surface area (Å²) in [4.78, 5) is 27.8. The number of benzene rings is 3. The second-order valence-corrected chi connectivity index (χ2v) is 6.28. The SMILES string of the molecule is NC(=O)c1ccc(-c2ccc3c(c2)C(c2ccccc2)=NCC(=O)N3)cc1. The van der Waals surface area contributed by atoms with Crippen LogP contribution in [-0.2, 0) is 4.79 Å². The summed E-state index contributed by atoms with van der Waals surface area (Å²) < 4.78 is 0. The smallest absolute Gasteiger partial charge is 0.248 e. The van der Waals surface area contributed by atoms with Crippen molar-refractivity contribution < 1.29 is 9.59 Å². The Bertz CT molecular complexity index is 1050. The number of nitrogens with one attached hydrogen (secondary N) is 1. The van der Waals surface area contributed by atoms with Crippen molar-refractivity contribution in [2.24, 2.45) is 10.7 Å². The second kappa shape index (κ2) is 6.88. The Kier molecular flexibility index (Phi) is 4.26. The number of nitrogens with two attached hydrogens (primary N) is 1. The molecule has 0 saturated heterocycles. The standard InChI is InChI=1S/C22H17N3O2/c23-22(27)16-8-6-14(7-9-16)17-10-11-19-18(12-17)21(24-13-20(26)25-19)15-4-2-1-3-5-15/h1-12H,13H2,(H2,23,27)(H,25,26). The molecule has 0 fully saturated rings. The number of rotatable bonds is 3. The number of aliphatic imine (C=N–C) groups is 1. The van der Waals surface area contributed by atoms with Crippen LogP contribution in [0.25, 0.3) is 11.1 Å². The van der Waals surface area contributed by atoms with Crippen molar-refractivity contribution in [1.82, 2.24) is 0 Å². The van der Waals surface area contributed by atoms with Gasteiger partial charge in [0.15, 0.2) is 0 Å². The third-order valence-corrected chi connectivity index (χ3v) is 4.48. The lowest BCUT2D eigenvalue weighted by atomic mass is 9.95. The van der Waals surface area contributed by atoms with Crippen LogP contribution < -0.4 is 11.1 Å². The Hall–Kier alpha value is -3.73. The van der Waals surface area contributed by atoms with E-state index in [1.807, 2.05) is 60.7 Å². The van der Waals surface area contributed by atoms with Gasteiger partial charge in [-0.1, -0.05) is 48.5 Å². The minimum absolute atomic E-state index is 0.0849. The van der Waals surface area contributed by atoms with Crippen LogP contribution in [0.15, 0.2) is 77.8 Å². The molecule has 3 N–H and O–H groups in total. The molecule has 0 atom stereocenters. The average Bonchev–Trinajstić information content (AvgIpc) is 2.86. The maximum absolute atomic E-state index is 12.0. The summed E-state index contributed by atoms with van der Waals surface area (Å²) in [6.45, 7) is 0.0849. The fourth-order valence-corrected chi connectivity index (χ4v) is 3.12. The summed E-state index contributed by atoms with van der Waals surface area (Å²) in [7, 11) is 0. The van der Waals surface area contributed by atoms with E-state index in [0.717, 1.165) is 33.7 Å². The summed E-state index contributed by atoms with van der Waals surface area (Å²) >= 11 is 0. The summed E-state index contributed by atoms with van der Waals surface area (Å²) in [6, 6.07) is 22.8. The highest BCUT2D eigenvalue weighted by molar-refractivity contribution is 6.19. The number of amides is 2. The van der Waals surface area contributed by atoms with E-state index in [1.54, 1.807) is 12.1 Å². The van der Waals surface area contributed by atoms with E-state index < -0.39 is 5.91 Å². The minimum atomic E-state index is -0.454. The lowest BCUT2D eigenvalue weighted by Crippen LogP contribution is -2.13. The highest BCUT2D eigenvalue weighted by Gasteiger charge is 2.18. The molecular formula is C22H17N3O2. The second-order valence-electron chi connectivity index (χ2n) is 6.28. The zero-order valence-corrected chi connectivity index (χ0v) is 14.5. The van der Waals surface area contributed by atoms with Crippen LogP contribution in [0.5, 0.6) is 0 Å². The summed E-state index contributed by atoms with van der Waals surface area (Å²) in [6.07, 6.45) is 0. The molecule has 0 bridgehead atoms. The number of hydrogen-bond acceptors (Lipinski definition) is 3. The monoisotopic (exact) mass is 355 g/mol. The number of primary amides is 1. The highest BCUT2D eigenvalue weighted by Crippen LogP contribution is 2.29. The average molecular weight is 355 g/mol. The normalized spacial score (nSPS) is 13.2. The predicted octanol–water partition coefficient (Wildman–Crippen LogP) is 3.24. The molecule has 1 heterocycles. The molecule has 27 heavy (non-hydrogen) atoms. The van der Waals surface area contributed by atoms with Gasteiger partial charge in [0.1, 0.15) is 6.54 Å². The molecule has 0 spiro atoms.